The van der Waals surface area contributed by atoms with E-state index in [1.807, 2.05) is 18.2 Å². The van der Waals surface area contributed by atoms with Crippen molar-refractivity contribution in [1.29, 1.82) is 0 Å². The van der Waals surface area contributed by atoms with E-state index in [1.54, 1.807) is 6.08 Å². The number of imide groups is 1. The van der Waals surface area contributed by atoms with E-state index in [0.717, 1.165) is 47.0 Å². The molecule has 1 atom stereocenters. The van der Waals surface area contributed by atoms with Crippen LogP contribution in [0, 0.1) is 0 Å². The molecule has 2 aliphatic rings. The summed E-state index contributed by atoms with van der Waals surface area (Å²) >= 11 is 4.58. The predicted molar refractivity (Wildman–Crippen MR) is 97.6 cm³/mol. The van der Waals surface area contributed by atoms with Crippen molar-refractivity contribution < 1.29 is 9.59 Å². The van der Waals surface area contributed by atoms with Gasteiger partial charge in [0.25, 0.3) is 11.1 Å². The highest BCUT2D eigenvalue weighted by molar-refractivity contribution is 9.10. The van der Waals surface area contributed by atoms with Crippen LogP contribution < -0.4 is 10.2 Å². The van der Waals surface area contributed by atoms with Crippen molar-refractivity contribution in [1.82, 2.24) is 10.2 Å². The minimum Gasteiger partial charge on any atom is -0.369 e. The predicted octanol–water partition coefficient (Wildman–Crippen LogP) is 2.91. The smallest absolute Gasteiger partial charge is 0.290 e. The maximum atomic E-state index is 11.8. The highest BCUT2D eigenvalue weighted by Gasteiger charge is 2.28. The standard InChI is InChI=1S/C16H18BrN3O2S/c1-19(2)11-6-7-20(9-11)14-10(4-3-5-12(14)17)8-13-15(21)18-16(22)23-13/h3-5,8,11H,6-7,9H2,1-2H3,(H,18,21,22)/b13-8-. The topological polar surface area (TPSA) is 52.6 Å². The molecule has 0 bridgehead atoms. The summed E-state index contributed by atoms with van der Waals surface area (Å²) in [5, 5.41) is 1.98. The Hall–Kier alpha value is -1.31. The van der Waals surface area contributed by atoms with Gasteiger partial charge < -0.3 is 9.80 Å². The van der Waals surface area contributed by atoms with E-state index in [9.17, 15) is 9.59 Å². The van der Waals surface area contributed by atoms with Crippen molar-refractivity contribution in [2.24, 2.45) is 0 Å². The number of carbonyl (C=O) groups is 2. The normalized spacial score (nSPS) is 23.2. The molecule has 2 amide bonds. The van der Waals surface area contributed by atoms with Crippen LogP contribution in [0.15, 0.2) is 27.6 Å². The molecule has 2 fully saturated rings. The van der Waals surface area contributed by atoms with Gasteiger partial charge in [-0.25, -0.2) is 0 Å². The number of amides is 2. The summed E-state index contributed by atoms with van der Waals surface area (Å²) in [7, 11) is 4.20. The van der Waals surface area contributed by atoms with Gasteiger partial charge in [0, 0.05) is 29.2 Å². The SMILES string of the molecule is CN(C)C1CCN(c2c(Br)cccc2/C=C2\SC(=O)NC2=O)C1. The van der Waals surface area contributed by atoms with Gasteiger partial charge in [-0.2, -0.15) is 0 Å². The monoisotopic (exact) mass is 395 g/mol. The molecule has 1 unspecified atom stereocenters. The van der Waals surface area contributed by atoms with Crippen LogP contribution in [0.5, 0.6) is 0 Å². The molecule has 0 aliphatic carbocycles. The van der Waals surface area contributed by atoms with Crippen LogP contribution >= 0.6 is 27.7 Å². The Bertz CT molecular complexity index is 690. The molecule has 3 rings (SSSR count). The fourth-order valence-corrected chi connectivity index (χ4v) is 4.22. The molecule has 122 valence electrons. The molecule has 1 aromatic rings. The van der Waals surface area contributed by atoms with Crippen LogP contribution in [-0.2, 0) is 4.79 Å². The van der Waals surface area contributed by atoms with Crippen LogP contribution in [0.4, 0.5) is 10.5 Å². The molecule has 0 saturated carbocycles. The highest BCUT2D eigenvalue weighted by Crippen LogP contribution is 2.36. The van der Waals surface area contributed by atoms with Crippen molar-refractivity contribution >= 4 is 50.6 Å². The van der Waals surface area contributed by atoms with E-state index in [-0.39, 0.29) is 11.1 Å². The number of nitrogens with one attached hydrogen (secondary N) is 1. The number of hydrogen-bond acceptors (Lipinski definition) is 5. The van der Waals surface area contributed by atoms with Crippen molar-refractivity contribution in [2.75, 3.05) is 32.1 Å². The second-order valence-electron chi connectivity index (χ2n) is 5.88. The van der Waals surface area contributed by atoms with Crippen LogP contribution in [-0.4, -0.2) is 49.3 Å². The summed E-state index contributed by atoms with van der Waals surface area (Å²) in [5.41, 5.74) is 2.03. The Kier molecular flexibility index (Phi) is 4.79. The molecule has 1 aromatic carbocycles. The number of benzene rings is 1. The van der Waals surface area contributed by atoms with E-state index in [4.69, 9.17) is 0 Å². The third-order valence-corrected chi connectivity index (χ3v) is 5.61. The third kappa shape index (κ3) is 3.46. The number of hydrogen-bond donors (Lipinski definition) is 1. The lowest BCUT2D eigenvalue weighted by atomic mass is 10.1. The van der Waals surface area contributed by atoms with Crippen molar-refractivity contribution in [3.63, 3.8) is 0 Å². The maximum Gasteiger partial charge on any atom is 0.290 e. The average Bonchev–Trinajstić information content (AvgIpc) is 3.07. The van der Waals surface area contributed by atoms with Gasteiger partial charge in [-0.3, -0.25) is 14.9 Å². The Morgan fingerprint density at radius 1 is 1.39 bits per heavy atom. The Labute approximate surface area is 148 Å². The number of nitrogens with zero attached hydrogens (tertiary/aromatic N) is 2. The molecule has 1 N–H and O–H groups in total. The van der Waals surface area contributed by atoms with Crippen LogP contribution in [0.25, 0.3) is 6.08 Å². The first-order chi connectivity index (χ1) is 11.0. The fourth-order valence-electron chi connectivity index (χ4n) is 2.91. The van der Waals surface area contributed by atoms with Crippen LogP contribution in [0.1, 0.15) is 12.0 Å². The lowest BCUT2D eigenvalue weighted by Crippen LogP contribution is -2.31. The zero-order chi connectivity index (χ0) is 16.6. The number of thioether (sulfide) groups is 1. The molecular formula is C16H18BrN3O2S. The molecule has 7 heteroatoms. The van der Waals surface area contributed by atoms with Crippen molar-refractivity contribution in [3.8, 4) is 0 Å². The summed E-state index contributed by atoms with van der Waals surface area (Å²) in [6.07, 6.45) is 2.91. The summed E-state index contributed by atoms with van der Waals surface area (Å²) in [6, 6.07) is 6.45. The van der Waals surface area contributed by atoms with E-state index in [0.29, 0.717) is 10.9 Å². The number of carbonyl (C=O) groups excluding carboxylic acids is 2. The van der Waals surface area contributed by atoms with Crippen molar-refractivity contribution in [2.45, 2.75) is 12.5 Å². The minimum atomic E-state index is -0.321. The summed E-state index contributed by atoms with van der Waals surface area (Å²) in [4.78, 5) is 28.2. The maximum absolute atomic E-state index is 11.8. The molecule has 2 aliphatic heterocycles. The molecule has 0 aromatic heterocycles. The number of rotatable bonds is 3. The fraction of sp³-hybridized carbons (Fsp3) is 0.375. The largest absolute Gasteiger partial charge is 0.369 e. The number of likely N-dealkylation sites (N-methyl/N-ethyl adjacent to an activating group) is 1. The summed E-state index contributed by atoms with van der Waals surface area (Å²) in [6.45, 7) is 1.92. The second kappa shape index (κ2) is 6.67. The zero-order valence-corrected chi connectivity index (χ0v) is 15.4. The lowest BCUT2D eigenvalue weighted by Gasteiger charge is -2.24. The number of anilines is 1. The quantitative estimate of drug-likeness (QED) is 0.797. The van der Waals surface area contributed by atoms with Crippen LogP contribution in [0.2, 0.25) is 0 Å². The number of halogens is 1. The van der Waals surface area contributed by atoms with Gasteiger partial charge >= 0.3 is 0 Å². The molecule has 23 heavy (non-hydrogen) atoms. The van der Waals surface area contributed by atoms with Crippen LogP contribution in [0.3, 0.4) is 0 Å². The third-order valence-electron chi connectivity index (χ3n) is 4.16. The minimum absolute atomic E-state index is 0.313. The highest BCUT2D eigenvalue weighted by atomic mass is 79.9. The summed E-state index contributed by atoms with van der Waals surface area (Å²) < 4.78 is 1.00. The molecule has 2 heterocycles. The molecule has 5 nitrogen and oxygen atoms in total. The second-order valence-corrected chi connectivity index (χ2v) is 7.75. The summed E-state index contributed by atoms with van der Waals surface area (Å²) in [5.74, 6) is -0.321. The van der Waals surface area contributed by atoms with E-state index in [2.05, 4.69) is 45.1 Å². The van der Waals surface area contributed by atoms with Gasteiger partial charge in [0.2, 0.25) is 0 Å². The molecular weight excluding hydrogens is 378 g/mol. The van der Waals surface area contributed by atoms with E-state index >= 15 is 0 Å². The Morgan fingerprint density at radius 2 is 2.17 bits per heavy atom. The first-order valence-corrected chi connectivity index (χ1v) is 9.01. The van der Waals surface area contributed by atoms with Gasteiger partial charge in [0.05, 0.1) is 10.6 Å². The van der Waals surface area contributed by atoms with Gasteiger partial charge in [0.1, 0.15) is 0 Å². The van der Waals surface area contributed by atoms with Crippen molar-refractivity contribution in [3.05, 3.63) is 33.1 Å². The lowest BCUT2D eigenvalue weighted by molar-refractivity contribution is -0.115. The zero-order valence-electron chi connectivity index (χ0n) is 13.0. The first kappa shape index (κ1) is 16.5. The Morgan fingerprint density at radius 3 is 2.78 bits per heavy atom. The average molecular weight is 396 g/mol. The van der Waals surface area contributed by atoms with E-state index < -0.39 is 0 Å². The van der Waals surface area contributed by atoms with E-state index in [1.165, 1.54) is 0 Å². The van der Waals surface area contributed by atoms with Gasteiger partial charge in [-0.15, -0.1) is 0 Å². The molecule has 2 saturated heterocycles. The van der Waals surface area contributed by atoms with Gasteiger partial charge in [-0.1, -0.05) is 12.1 Å². The van der Waals surface area contributed by atoms with Gasteiger partial charge in [-0.05, 0) is 60.4 Å². The molecule has 0 radical (unpaired) electrons. The first-order valence-electron chi connectivity index (χ1n) is 7.40. The number of para-hydroxylation sites is 1. The molecule has 0 spiro atoms. The van der Waals surface area contributed by atoms with Gasteiger partial charge in [0.15, 0.2) is 0 Å². The Balaban J connectivity index is 1.94.